The van der Waals surface area contributed by atoms with E-state index in [1.807, 2.05) is 4.98 Å². The van der Waals surface area contributed by atoms with E-state index in [0.717, 1.165) is 17.8 Å². The van der Waals surface area contributed by atoms with Crippen molar-refractivity contribution >= 4 is 35.3 Å². The van der Waals surface area contributed by atoms with Gasteiger partial charge < -0.3 is 49.3 Å². The van der Waals surface area contributed by atoms with Gasteiger partial charge in [-0.05, 0) is 29.9 Å². The summed E-state index contributed by atoms with van der Waals surface area (Å²) in [6, 6.07) is 6.62. The molecule has 4 rings (SSSR count). The SMILES string of the molecule is Cc1ccc(S(=O)(=O)SC[C@H]2O[C@H](OP(=O)([O-])OP(=O)([O-])OC[C@H]3O[C@@H](n4ccc(=O)[nH]c4=O)[C@H](O)[C@@H]3O)[C@H](O)[C@@H](O)[C@H]2O)cc1.[Na+].[Na+]. The second kappa shape index (κ2) is 17.8. The van der Waals surface area contributed by atoms with Crippen LogP contribution in [-0.4, -0.2) is 105 Å². The molecule has 0 spiro atoms. The number of aryl methyl sites for hydroxylation is 1. The standard InChI is InChI=1S/C22H30N2O18P2S2.2Na/c1-10-2-4-11(5-3-10)46(36,37)45-9-13-16(27)17(28)19(30)21(40-13)41-44(34,35)42-43(32,33)38-8-12-15(26)18(29)20(39-12)24-7-6-14(25)23-22(24)31;;/h2-7,12-13,15-21,26-30H,8-9H2,1H3,(H,32,33)(H,34,35)(H,23,25,31);;/q;2*+1/p-2/t12-,13-,15-,16+,17+,18-,19-,20-,21-;;/m1../s1. The summed E-state index contributed by atoms with van der Waals surface area (Å²) >= 11 is 0. The zero-order chi connectivity index (χ0) is 34.2. The monoisotopic (exact) mass is 780 g/mol. The molecule has 48 heavy (non-hydrogen) atoms. The number of ether oxygens (including phenoxy) is 2. The number of benzene rings is 1. The molecule has 2 unspecified atom stereocenters. The van der Waals surface area contributed by atoms with E-state index in [9.17, 15) is 62.5 Å². The topological polar surface area (TPSA) is 317 Å². The molecular weight excluding hydrogens is 752 g/mol. The molecule has 0 saturated carbocycles. The summed E-state index contributed by atoms with van der Waals surface area (Å²) in [6.07, 6.45) is -16.5. The maximum atomic E-state index is 12.6. The number of aromatic nitrogens is 2. The van der Waals surface area contributed by atoms with Crippen molar-refractivity contribution in [3.8, 4) is 0 Å². The Hall–Kier alpha value is 0.180. The summed E-state index contributed by atoms with van der Waals surface area (Å²) < 4.78 is 73.9. The summed E-state index contributed by atoms with van der Waals surface area (Å²) in [5, 5.41) is 51.1. The number of hydrogen-bond acceptors (Lipinski definition) is 19. The molecule has 0 bridgehead atoms. The fraction of sp³-hybridized carbons (Fsp3) is 0.545. The molecule has 2 saturated heterocycles. The van der Waals surface area contributed by atoms with Crippen LogP contribution >= 0.6 is 26.4 Å². The van der Waals surface area contributed by atoms with E-state index in [4.69, 9.17) is 9.47 Å². The molecule has 1 aromatic heterocycles. The van der Waals surface area contributed by atoms with Crippen LogP contribution in [0, 0.1) is 6.92 Å². The Balaban J connectivity index is 0.00000400. The fourth-order valence-electron chi connectivity index (χ4n) is 4.25. The quantitative estimate of drug-likeness (QED) is 0.0662. The average molecular weight is 781 g/mol. The Morgan fingerprint density at radius 3 is 2.10 bits per heavy atom. The first kappa shape index (κ1) is 44.3. The fourth-order valence-corrected chi connectivity index (χ4v) is 9.21. The van der Waals surface area contributed by atoms with E-state index in [0.29, 0.717) is 4.57 Å². The van der Waals surface area contributed by atoms with Crippen LogP contribution in [0.3, 0.4) is 0 Å². The minimum Gasteiger partial charge on any atom is -0.756 e. The van der Waals surface area contributed by atoms with Crippen LogP contribution in [0.5, 0.6) is 0 Å². The van der Waals surface area contributed by atoms with E-state index in [1.165, 1.54) is 24.3 Å². The van der Waals surface area contributed by atoms with Gasteiger partial charge in [-0.25, -0.2) is 17.5 Å². The van der Waals surface area contributed by atoms with Gasteiger partial charge in [-0.1, -0.05) is 17.7 Å². The third-order valence-corrected chi connectivity index (χ3v) is 12.7. The molecule has 11 atom stereocenters. The second-order valence-corrected chi connectivity index (χ2v) is 16.9. The molecule has 2 aliphatic heterocycles. The molecule has 3 heterocycles. The molecule has 6 N–H and O–H groups in total. The van der Waals surface area contributed by atoms with Gasteiger partial charge in [0, 0.05) is 18.0 Å². The molecule has 2 fully saturated rings. The number of hydrogen-bond donors (Lipinski definition) is 6. The van der Waals surface area contributed by atoms with Crippen LogP contribution in [0.4, 0.5) is 0 Å². The van der Waals surface area contributed by atoms with Gasteiger partial charge in [-0.15, -0.1) is 0 Å². The molecule has 0 amide bonds. The third-order valence-electron chi connectivity index (χ3n) is 6.66. The van der Waals surface area contributed by atoms with Crippen LogP contribution in [-0.2, 0) is 40.8 Å². The number of nitrogens with zero attached hydrogens (tertiary/aromatic N) is 1. The van der Waals surface area contributed by atoms with E-state index >= 15 is 0 Å². The molecular formula is C22H28N2Na2O18P2S2. The summed E-state index contributed by atoms with van der Waals surface area (Å²) in [4.78, 5) is 49.7. The summed E-state index contributed by atoms with van der Waals surface area (Å²) in [5.74, 6) is -0.601. The largest absolute Gasteiger partial charge is 1.00 e. The molecule has 2 aromatic rings. The van der Waals surface area contributed by atoms with Crippen molar-refractivity contribution in [1.29, 1.82) is 0 Å². The number of rotatable bonds is 12. The number of aromatic amines is 1. The third kappa shape index (κ3) is 11.1. The van der Waals surface area contributed by atoms with Crippen molar-refractivity contribution in [1.82, 2.24) is 9.55 Å². The normalized spacial score (nSPS) is 31.5. The molecule has 2 aliphatic rings. The molecule has 20 nitrogen and oxygen atoms in total. The minimum absolute atomic E-state index is 0. The van der Waals surface area contributed by atoms with Crippen LogP contribution < -0.4 is 80.2 Å². The number of nitrogens with one attached hydrogen (secondary N) is 1. The predicted molar refractivity (Wildman–Crippen MR) is 148 cm³/mol. The summed E-state index contributed by atoms with van der Waals surface area (Å²) in [5.41, 5.74) is -1.03. The van der Waals surface area contributed by atoms with Crippen molar-refractivity contribution < 1.29 is 135 Å². The summed E-state index contributed by atoms with van der Waals surface area (Å²) in [7, 11) is -15.7. The van der Waals surface area contributed by atoms with Crippen LogP contribution in [0.25, 0.3) is 0 Å². The van der Waals surface area contributed by atoms with Crippen LogP contribution in [0.2, 0.25) is 0 Å². The Morgan fingerprint density at radius 2 is 1.50 bits per heavy atom. The number of aliphatic hydroxyl groups excluding tert-OH is 5. The van der Waals surface area contributed by atoms with Crippen molar-refractivity contribution in [3.05, 3.63) is 62.9 Å². The van der Waals surface area contributed by atoms with Crippen molar-refractivity contribution in [2.24, 2.45) is 0 Å². The second-order valence-electron chi connectivity index (χ2n) is 10.0. The maximum absolute atomic E-state index is 12.6. The van der Waals surface area contributed by atoms with Crippen LogP contribution in [0.1, 0.15) is 11.8 Å². The van der Waals surface area contributed by atoms with Gasteiger partial charge in [0.15, 0.2) is 12.5 Å². The molecule has 1 aromatic carbocycles. The van der Waals surface area contributed by atoms with E-state index in [1.54, 1.807) is 6.92 Å². The zero-order valence-electron chi connectivity index (χ0n) is 25.3. The Morgan fingerprint density at radius 1 is 0.896 bits per heavy atom. The molecule has 0 radical (unpaired) electrons. The van der Waals surface area contributed by atoms with E-state index in [-0.39, 0.29) is 74.8 Å². The Bertz CT molecular complexity index is 1720. The average Bonchev–Trinajstić information content (AvgIpc) is 3.24. The number of aliphatic hydroxyl groups is 5. The van der Waals surface area contributed by atoms with E-state index < -0.39 is 103 Å². The first-order valence-electron chi connectivity index (χ1n) is 13.0. The van der Waals surface area contributed by atoms with Gasteiger partial charge >= 0.3 is 64.8 Å². The maximum Gasteiger partial charge on any atom is 1.00 e. The van der Waals surface area contributed by atoms with Crippen molar-refractivity contribution in [2.75, 3.05) is 12.4 Å². The van der Waals surface area contributed by atoms with Gasteiger partial charge in [-0.2, -0.15) is 0 Å². The van der Waals surface area contributed by atoms with Gasteiger partial charge in [0.2, 0.25) is 8.87 Å². The van der Waals surface area contributed by atoms with Gasteiger partial charge in [-0.3, -0.25) is 28.0 Å². The van der Waals surface area contributed by atoms with Gasteiger partial charge in [0.1, 0.15) is 36.6 Å². The molecule has 258 valence electrons. The van der Waals surface area contributed by atoms with Gasteiger partial charge in [0.25, 0.3) is 21.2 Å². The number of H-pyrrole nitrogens is 1. The Labute approximate surface area is 319 Å². The summed E-state index contributed by atoms with van der Waals surface area (Å²) in [6.45, 7) is 0.575. The number of phosphoric ester groups is 2. The minimum atomic E-state index is -6.04. The Kier molecular flexibility index (Phi) is 16.4. The number of phosphoric acid groups is 2. The van der Waals surface area contributed by atoms with Crippen molar-refractivity contribution in [3.63, 3.8) is 0 Å². The zero-order valence-corrected chi connectivity index (χ0v) is 32.7. The molecule has 26 heteroatoms. The first-order valence-corrected chi connectivity index (χ1v) is 18.9. The first-order chi connectivity index (χ1) is 21.3. The van der Waals surface area contributed by atoms with Crippen LogP contribution in [0.15, 0.2) is 51.0 Å². The van der Waals surface area contributed by atoms with Crippen molar-refractivity contribution in [2.45, 2.75) is 67.1 Å². The predicted octanol–water partition coefficient (Wildman–Crippen LogP) is -9.61. The van der Waals surface area contributed by atoms with Gasteiger partial charge in [0.05, 0.1) is 17.6 Å². The van der Waals surface area contributed by atoms with E-state index in [2.05, 4.69) is 13.4 Å². The smallest absolute Gasteiger partial charge is 0.756 e. The molecule has 0 aliphatic carbocycles.